The molecule has 0 spiro atoms. The molecular formula is C31H30FN3O3S2. The van der Waals surface area contributed by atoms with Crippen LogP contribution in [0.4, 0.5) is 4.39 Å². The lowest BCUT2D eigenvalue weighted by Crippen LogP contribution is -2.24. The summed E-state index contributed by atoms with van der Waals surface area (Å²) in [6.45, 7) is 4.28. The number of carbonyl (C=O) groups is 1. The number of rotatable bonds is 10. The molecule has 9 heteroatoms. The van der Waals surface area contributed by atoms with Crippen molar-refractivity contribution in [2.75, 3.05) is 18.1 Å². The van der Waals surface area contributed by atoms with Crippen molar-refractivity contribution in [2.45, 2.75) is 25.0 Å². The molecule has 1 N–H and O–H groups in total. The van der Waals surface area contributed by atoms with Gasteiger partial charge in [-0.1, -0.05) is 24.3 Å². The number of aromatic nitrogens is 1. The van der Waals surface area contributed by atoms with Gasteiger partial charge in [-0.25, -0.2) is 9.82 Å². The molecule has 1 saturated heterocycles. The van der Waals surface area contributed by atoms with E-state index < -0.39 is 0 Å². The van der Waals surface area contributed by atoms with E-state index in [4.69, 9.17) is 9.47 Å². The number of aryl methyl sites for hydroxylation is 1. The molecule has 0 bridgehead atoms. The van der Waals surface area contributed by atoms with Crippen LogP contribution in [0, 0.1) is 19.7 Å². The maximum absolute atomic E-state index is 13.1. The number of thioether (sulfide) groups is 2. The van der Waals surface area contributed by atoms with Crippen LogP contribution >= 0.6 is 23.5 Å². The van der Waals surface area contributed by atoms with Crippen LogP contribution in [0.2, 0.25) is 0 Å². The van der Waals surface area contributed by atoms with Gasteiger partial charge in [0.1, 0.15) is 23.9 Å². The van der Waals surface area contributed by atoms with Crippen molar-refractivity contribution in [2.24, 2.45) is 5.10 Å². The number of amides is 1. The van der Waals surface area contributed by atoms with Gasteiger partial charge in [0.15, 0.2) is 6.61 Å². The fourth-order valence-corrected chi connectivity index (χ4v) is 7.24. The number of hydrogen-bond donors (Lipinski definition) is 1. The van der Waals surface area contributed by atoms with E-state index in [1.165, 1.54) is 29.2 Å². The van der Waals surface area contributed by atoms with Crippen molar-refractivity contribution in [1.82, 2.24) is 9.99 Å². The maximum atomic E-state index is 13.1. The van der Waals surface area contributed by atoms with Crippen LogP contribution in [-0.4, -0.2) is 34.8 Å². The SMILES string of the molecule is Cc1cc(/C=N\NC(=O)COc2ccc(C3SCCS3)cc2)c(C)n1-c1ccc(OCc2ccc(F)cc2)cc1. The Morgan fingerprint density at radius 2 is 1.62 bits per heavy atom. The molecular weight excluding hydrogens is 545 g/mol. The Balaban J connectivity index is 1.13. The molecule has 5 rings (SSSR count). The number of nitrogens with zero attached hydrogens (tertiary/aromatic N) is 2. The van der Waals surface area contributed by atoms with Crippen molar-refractivity contribution in [3.05, 3.63) is 113 Å². The normalized spacial score (nSPS) is 13.6. The molecule has 0 saturated carbocycles. The number of ether oxygens (including phenoxy) is 2. The van der Waals surface area contributed by atoms with Crippen molar-refractivity contribution >= 4 is 35.6 Å². The minimum atomic E-state index is -0.327. The Hall–Kier alpha value is -3.69. The first kappa shape index (κ1) is 27.9. The first-order valence-electron chi connectivity index (χ1n) is 12.9. The molecule has 40 heavy (non-hydrogen) atoms. The van der Waals surface area contributed by atoms with E-state index in [1.54, 1.807) is 18.3 Å². The lowest BCUT2D eigenvalue weighted by Gasteiger charge is -2.11. The summed E-state index contributed by atoms with van der Waals surface area (Å²) in [5.41, 5.74) is 8.62. The molecule has 1 aromatic heterocycles. The van der Waals surface area contributed by atoms with Gasteiger partial charge in [-0.05, 0) is 79.6 Å². The minimum absolute atomic E-state index is 0.113. The number of hydrogen-bond acceptors (Lipinski definition) is 6. The van der Waals surface area contributed by atoms with Crippen molar-refractivity contribution in [1.29, 1.82) is 0 Å². The van der Waals surface area contributed by atoms with Crippen molar-refractivity contribution in [3.8, 4) is 17.2 Å². The van der Waals surface area contributed by atoms with Crippen molar-refractivity contribution in [3.63, 3.8) is 0 Å². The van der Waals surface area contributed by atoms with E-state index in [1.807, 2.05) is 79.8 Å². The zero-order chi connectivity index (χ0) is 27.9. The zero-order valence-electron chi connectivity index (χ0n) is 22.3. The molecule has 2 heterocycles. The monoisotopic (exact) mass is 575 g/mol. The quantitative estimate of drug-likeness (QED) is 0.166. The van der Waals surface area contributed by atoms with Gasteiger partial charge in [-0.15, -0.1) is 23.5 Å². The Morgan fingerprint density at radius 3 is 2.33 bits per heavy atom. The standard InChI is InChI=1S/C31H30FN3O3S2/c1-21-17-25(18-33-34-30(36)20-38-28-11-5-24(6-12-28)31-39-15-16-40-31)22(2)35(21)27-9-13-29(14-10-27)37-19-23-3-7-26(32)8-4-23/h3-14,17-18,31H,15-16,19-20H2,1-2H3,(H,34,36)/b33-18-. The largest absolute Gasteiger partial charge is 0.489 e. The van der Waals surface area contributed by atoms with Gasteiger partial charge in [-0.3, -0.25) is 4.79 Å². The van der Waals surface area contributed by atoms with E-state index in [-0.39, 0.29) is 18.3 Å². The maximum Gasteiger partial charge on any atom is 0.277 e. The number of hydrazone groups is 1. The molecule has 0 atom stereocenters. The first-order valence-corrected chi connectivity index (χ1v) is 15.0. The summed E-state index contributed by atoms with van der Waals surface area (Å²) in [6.07, 6.45) is 1.64. The molecule has 1 amide bonds. The molecule has 0 radical (unpaired) electrons. The highest BCUT2D eigenvalue weighted by atomic mass is 32.2. The summed E-state index contributed by atoms with van der Waals surface area (Å²) >= 11 is 3.91. The van der Waals surface area contributed by atoms with Crippen LogP contribution in [0.5, 0.6) is 11.5 Å². The molecule has 4 aromatic rings. The summed E-state index contributed by atoms with van der Waals surface area (Å²) in [4.78, 5) is 12.3. The van der Waals surface area contributed by atoms with Crippen LogP contribution in [0.15, 0.2) is 84.0 Å². The zero-order valence-corrected chi connectivity index (χ0v) is 23.9. The third-order valence-electron chi connectivity index (χ3n) is 6.42. The van der Waals surface area contributed by atoms with E-state index >= 15 is 0 Å². The van der Waals surface area contributed by atoms with Gasteiger partial charge in [0.05, 0.1) is 10.8 Å². The summed E-state index contributed by atoms with van der Waals surface area (Å²) in [5, 5.41) is 4.13. The summed E-state index contributed by atoms with van der Waals surface area (Å²) in [6, 6.07) is 24.0. The van der Waals surface area contributed by atoms with E-state index in [2.05, 4.69) is 27.2 Å². The molecule has 3 aromatic carbocycles. The second-order valence-electron chi connectivity index (χ2n) is 9.30. The summed E-state index contributed by atoms with van der Waals surface area (Å²) in [5.74, 6) is 3.16. The fourth-order valence-electron chi connectivity index (χ4n) is 4.38. The number of halogens is 1. The molecule has 206 valence electrons. The van der Waals surface area contributed by atoms with Crippen LogP contribution in [0.25, 0.3) is 5.69 Å². The van der Waals surface area contributed by atoms with Gasteiger partial charge >= 0.3 is 0 Å². The van der Waals surface area contributed by atoms with Gasteiger partial charge < -0.3 is 14.0 Å². The van der Waals surface area contributed by atoms with E-state index in [0.717, 1.165) is 34.0 Å². The Bertz CT molecular complexity index is 1460. The highest BCUT2D eigenvalue weighted by molar-refractivity contribution is 8.19. The van der Waals surface area contributed by atoms with E-state index in [0.29, 0.717) is 16.9 Å². The molecule has 6 nitrogen and oxygen atoms in total. The lowest BCUT2D eigenvalue weighted by molar-refractivity contribution is -0.123. The van der Waals surface area contributed by atoms with Crippen LogP contribution in [-0.2, 0) is 11.4 Å². The number of carbonyl (C=O) groups excluding carboxylic acids is 1. The molecule has 1 fully saturated rings. The van der Waals surface area contributed by atoms with Crippen molar-refractivity contribution < 1.29 is 18.7 Å². The second kappa shape index (κ2) is 13.1. The average Bonchev–Trinajstić information content (AvgIpc) is 3.60. The Morgan fingerprint density at radius 1 is 0.975 bits per heavy atom. The van der Waals surface area contributed by atoms with Gasteiger partial charge in [0.25, 0.3) is 5.91 Å². The predicted molar refractivity (Wildman–Crippen MR) is 161 cm³/mol. The number of nitrogens with one attached hydrogen (secondary N) is 1. The smallest absolute Gasteiger partial charge is 0.277 e. The summed E-state index contributed by atoms with van der Waals surface area (Å²) < 4.78 is 27.1. The van der Waals surface area contributed by atoms with Crippen LogP contribution in [0.1, 0.15) is 32.7 Å². The van der Waals surface area contributed by atoms with Gasteiger partial charge in [0, 0.05) is 34.1 Å². The first-order chi connectivity index (χ1) is 19.5. The van der Waals surface area contributed by atoms with Crippen LogP contribution in [0.3, 0.4) is 0 Å². The number of benzene rings is 3. The minimum Gasteiger partial charge on any atom is -0.489 e. The molecule has 1 aliphatic rings. The third-order valence-corrected chi connectivity index (χ3v) is 9.53. The van der Waals surface area contributed by atoms with E-state index in [9.17, 15) is 9.18 Å². The second-order valence-corrected chi connectivity index (χ2v) is 12.0. The third kappa shape index (κ3) is 7.08. The highest BCUT2D eigenvalue weighted by Gasteiger charge is 2.18. The summed E-state index contributed by atoms with van der Waals surface area (Å²) in [7, 11) is 0. The highest BCUT2D eigenvalue weighted by Crippen LogP contribution is 2.45. The Labute approximate surface area is 242 Å². The van der Waals surface area contributed by atoms with Crippen LogP contribution < -0.4 is 14.9 Å². The van der Waals surface area contributed by atoms with Gasteiger partial charge in [0.2, 0.25) is 0 Å². The fraction of sp³-hybridized carbons (Fsp3) is 0.226. The average molecular weight is 576 g/mol. The lowest BCUT2D eigenvalue weighted by atomic mass is 10.2. The molecule has 1 aliphatic heterocycles. The Kier molecular flexibility index (Phi) is 9.13. The molecule has 0 unspecified atom stereocenters. The van der Waals surface area contributed by atoms with Gasteiger partial charge in [-0.2, -0.15) is 5.10 Å². The predicted octanol–water partition coefficient (Wildman–Crippen LogP) is 6.82. The molecule has 0 aliphatic carbocycles. The topological polar surface area (TPSA) is 64.8 Å².